The Kier molecular flexibility index (Phi) is 1.95. The summed E-state index contributed by atoms with van der Waals surface area (Å²) in [7, 11) is 0. The Bertz CT molecular complexity index is 173. The van der Waals surface area contributed by atoms with Gasteiger partial charge in [-0.2, -0.15) is 0 Å². The first kappa shape index (κ1) is 7.80. The van der Waals surface area contributed by atoms with Crippen molar-refractivity contribution in [3.05, 3.63) is 0 Å². The van der Waals surface area contributed by atoms with Crippen molar-refractivity contribution in [1.82, 2.24) is 10.4 Å². The number of hydrogen-bond acceptors (Lipinski definition) is 3. The van der Waals surface area contributed by atoms with Crippen LogP contribution in [0, 0.1) is 0 Å². The third kappa shape index (κ3) is 1.58. The van der Waals surface area contributed by atoms with Gasteiger partial charge in [-0.05, 0) is 6.42 Å². The zero-order valence-corrected chi connectivity index (χ0v) is 5.65. The summed E-state index contributed by atoms with van der Waals surface area (Å²) in [5.41, 5.74) is 2.32. The molecular formula is C5H8N2O4. The molecule has 0 aliphatic carbocycles. The van der Waals surface area contributed by atoms with Gasteiger partial charge in [0.05, 0.1) is 0 Å². The number of carboxylic acid groups (broad SMARTS) is 2. The van der Waals surface area contributed by atoms with Crippen molar-refractivity contribution in [3.8, 4) is 0 Å². The minimum atomic E-state index is -1.14. The topological polar surface area (TPSA) is 89.9 Å². The minimum absolute atomic E-state index is 0.228. The van der Waals surface area contributed by atoms with Crippen molar-refractivity contribution < 1.29 is 19.8 Å². The number of hydrazine groups is 1. The van der Waals surface area contributed by atoms with E-state index in [9.17, 15) is 9.59 Å². The van der Waals surface area contributed by atoms with Crippen LogP contribution in [0.3, 0.4) is 0 Å². The first-order valence-corrected chi connectivity index (χ1v) is 3.10. The monoisotopic (exact) mass is 160 g/mol. The highest BCUT2D eigenvalue weighted by Crippen LogP contribution is 2.04. The lowest BCUT2D eigenvalue weighted by Crippen LogP contribution is -2.42. The lowest BCUT2D eigenvalue weighted by atomic mass is 10.2. The van der Waals surface area contributed by atoms with Crippen LogP contribution in [0.5, 0.6) is 0 Å². The second kappa shape index (κ2) is 2.75. The average Bonchev–Trinajstić information content (AvgIpc) is 2.33. The maximum absolute atomic E-state index is 10.3. The zero-order valence-electron chi connectivity index (χ0n) is 5.65. The van der Waals surface area contributed by atoms with E-state index >= 15 is 0 Å². The predicted octanol–water partition coefficient (Wildman–Crippen LogP) is -0.672. The summed E-state index contributed by atoms with van der Waals surface area (Å²) >= 11 is 0. The normalized spacial score (nSPS) is 23.6. The van der Waals surface area contributed by atoms with Crippen molar-refractivity contribution in [1.29, 1.82) is 0 Å². The lowest BCUT2D eigenvalue weighted by Gasteiger charge is -2.11. The molecular weight excluding hydrogens is 152 g/mol. The van der Waals surface area contributed by atoms with Crippen LogP contribution < -0.4 is 5.43 Å². The predicted molar refractivity (Wildman–Crippen MR) is 33.9 cm³/mol. The molecule has 0 unspecified atom stereocenters. The Morgan fingerprint density at radius 1 is 1.45 bits per heavy atom. The molecule has 0 bridgehead atoms. The van der Waals surface area contributed by atoms with Crippen LogP contribution >= 0.6 is 0 Å². The van der Waals surface area contributed by atoms with Crippen LogP contribution in [-0.2, 0) is 4.79 Å². The highest BCUT2D eigenvalue weighted by molar-refractivity contribution is 5.75. The maximum atomic E-state index is 10.3. The fraction of sp³-hybridized carbons (Fsp3) is 0.600. The minimum Gasteiger partial charge on any atom is -0.480 e. The quantitative estimate of drug-likeness (QED) is 0.473. The van der Waals surface area contributed by atoms with Gasteiger partial charge in [0.15, 0.2) is 0 Å². The van der Waals surface area contributed by atoms with E-state index in [1.165, 1.54) is 0 Å². The van der Waals surface area contributed by atoms with E-state index in [2.05, 4.69) is 5.43 Å². The summed E-state index contributed by atoms with van der Waals surface area (Å²) in [4.78, 5) is 20.5. The van der Waals surface area contributed by atoms with Crippen molar-refractivity contribution in [2.75, 3.05) is 6.54 Å². The van der Waals surface area contributed by atoms with Gasteiger partial charge in [0.2, 0.25) is 0 Å². The van der Waals surface area contributed by atoms with Gasteiger partial charge in [0.1, 0.15) is 6.04 Å². The van der Waals surface area contributed by atoms with Crippen LogP contribution in [0.4, 0.5) is 4.79 Å². The molecule has 1 aliphatic heterocycles. The molecule has 0 spiro atoms. The largest absolute Gasteiger partial charge is 0.480 e. The van der Waals surface area contributed by atoms with E-state index in [-0.39, 0.29) is 6.54 Å². The molecule has 3 N–H and O–H groups in total. The Balaban J connectivity index is 2.47. The molecule has 0 aromatic carbocycles. The van der Waals surface area contributed by atoms with Crippen LogP contribution in [0.15, 0.2) is 0 Å². The standard InChI is InChI=1S/C5H8N2O4/c8-4(9)3-1-2-7(6-3)5(10)11/h3,6H,1-2H2,(H,8,9)(H,10,11)/t3-/m0/s1. The fourth-order valence-corrected chi connectivity index (χ4v) is 0.905. The van der Waals surface area contributed by atoms with Gasteiger partial charge in [-0.15, -0.1) is 0 Å². The zero-order chi connectivity index (χ0) is 8.43. The SMILES string of the molecule is O=C(O)[C@@H]1CCN(C(=O)O)N1. The van der Waals surface area contributed by atoms with E-state index < -0.39 is 18.1 Å². The Morgan fingerprint density at radius 3 is 2.36 bits per heavy atom. The van der Waals surface area contributed by atoms with Gasteiger partial charge in [0.25, 0.3) is 0 Å². The molecule has 1 amide bonds. The molecule has 0 saturated carbocycles. The molecule has 1 atom stereocenters. The lowest BCUT2D eigenvalue weighted by molar-refractivity contribution is -0.139. The Morgan fingerprint density at radius 2 is 2.09 bits per heavy atom. The fourth-order valence-electron chi connectivity index (χ4n) is 0.905. The first-order valence-electron chi connectivity index (χ1n) is 3.10. The van der Waals surface area contributed by atoms with Crippen LogP contribution in [0.1, 0.15) is 6.42 Å². The van der Waals surface area contributed by atoms with E-state index in [4.69, 9.17) is 10.2 Å². The highest BCUT2D eigenvalue weighted by Gasteiger charge is 2.29. The number of carboxylic acids is 1. The third-order valence-electron chi connectivity index (χ3n) is 1.48. The number of amides is 1. The van der Waals surface area contributed by atoms with Crippen molar-refractivity contribution in [2.24, 2.45) is 0 Å². The summed E-state index contributed by atoms with van der Waals surface area (Å²) < 4.78 is 0. The van der Waals surface area contributed by atoms with Gasteiger partial charge in [0, 0.05) is 6.54 Å². The smallest absolute Gasteiger partial charge is 0.421 e. The molecule has 1 rings (SSSR count). The average molecular weight is 160 g/mol. The number of aliphatic carboxylic acids is 1. The van der Waals surface area contributed by atoms with Crippen LogP contribution in [0.2, 0.25) is 0 Å². The Hall–Kier alpha value is -1.30. The van der Waals surface area contributed by atoms with Crippen molar-refractivity contribution in [2.45, 2.75) is 12.5 Å². The number of nitrogens with zero attached hydrogens (tertiary/aromatic N) is 1. The molecule has 0 aromatic rings. The van der Waals surface area contributed by atoms with E-state index in [0.29, 0.717) is 6.42 Å². The summed E-state index contributed by atoms with van der Waals surface area (Å²) in [6, 6.07) is -0.758. The first-order chi connectivity index (χ1) is 5.11. The molecule has 1 saturated heterocycles. The van der Waals surface area contributed by atoms with Gasteiger partial charge in [-0.1, -0.05) is 0 Å². The van der Waals surface area contributed by atoms with E-state index in [1.54, 1.807) is 0 Å². The van der Waals surface area contributed by atoms with Crippen LogP contribution in [0.25, 0.3) is 0 Å². The number of hydrogen-bond donors (Lipinski definition) is 3. The van der Waals surface area contributed by atoms with Gasteiger partial charge in [-0.25, -0.2) is 15.2 Å². The maximum Gasteiger partial charge on any atom is 0.421 e. The second-order valence-electron chi connectivity index (χ2n) is 2.24. The molecule has 62 valence electrons. The molecule has 1 aliphatic rings. The molecule has 6 nitrogen and oxygen atoms in total. The summed E-state index contributed by atoms with van der Waals surface area (Å²) in [5, 5.41) is 17.7. The number of nitrogens with one attached hydrogen (secondary N) is 1. The van der Waals surface area contributed by atoms with Crippen molar-refractivity contribution in [3.63, 3.8) is 0 Å². The summed E-state index contributed by atoms with van der Waals surface area (Å²) in [5.74, 6) is -1.02. The highest BCUT2D eigenvalue weighted by atomic mass is 16.4. The number of rotatable bonds is 1. The number of carbonyl (C=O) groups is 2. The third-order valence-corrected chi connectivity index (χ3v) is 1.48. The molecule has 11 heavy (non-hydrogen) atoms. The van der Waals surface area contributed by atoms with Gasteiger partial charge >= 0.3 is 12.1 Å². The second-order valence-corrected chi connectivity index (χ2v) is 2.24. The molecule has 6 heteroatoms. The summed E-state index contributed by atoms with van der Waals surface area (Å²) in [6.45, 7) is 0.228. The van der Waals surface area contributed by atoms with Gasteiger partial charge < -0.3 is 10.2 Å². The Labute approximate surface area is 62.4 Å². The summed E-state index contributed by atoms with van der Waals surface area (Å²) in [6.07, 6.45) is -0.824. The van der Waals surface area contributed by atoms with Crippen LogP contribution in [-0.4, -0.2) is 39.9 Å². The molecule has 1 heterocycles. The van der Waals surface area contributed by atoms with Crippen molar-refractivity contribution >= 4 is 12.1 Å². The molecule has 0 aromatic heterocycles. The van der Waals surface area contributed by atoms with Gasteiger partial charge in [-0.3, -0.25) is 4.79 Å². The van der Waals surface area contributed by atoms with E-state index in [1.807, 2.05) is 0 Å². The molecule has 1 fully saturated rings. The molecule has 0 radical (unpaired) electrons. The van der Waals surface area contributed by atoms with E-state index in [0.717, 1.165) is 5.01 Å².